The fraction of sp³-hybridized carbons (Fsp3) is 0.237. The Morgan fingerprint density at radius 1 is 0.634 bits per heavy atom. The summed E-state index contributed by atoms with van der Waals surface area (Å²) in [5, 5.41) is 12.1. The SMILES string of the molecule is CC(C)CC1(CC(C)C)c2ccccc2-c2ccc(N(c3cccc(C(=O)O)c3)c3ccc4ccccc4c3)cc21. The molecule has 0 saturated carbocycles. The summed E-state index contributed by atoms with van der Waals surface area (Å²) in [4.78, 5) is 14.2. The lowest BCUT2D eigenvalue weighted by Crippen LogP contribution is -2.29. The van der Waals surface area contributed by atoms with Gasteiger partial charge >= 0.3 is 5.97 Å². The molecule has 41 heavy (non-hydrogen) atoms. The molecule has 3 heteroatoms. The largest absolute Gasteiger partial charge is 0.478 e. The zero-order valence-electron chi connectivity index (χ0n) is 24.3. The first-order valence-corrected chi connectivity index (χ1v) is 14.6. The molecule has 0 aliphatic heterocycles. The first-order valence-electron chi connectivity index (χ1n) is 14.6. The summed E-state index contributed by atoms with van der Waals surface area (Å²) in [7, 11) is 0. The predicted molar refractivity (Wildman–Crippen MR) is 171 cm³/mol. The third kappa shape index (κ3) is 4.80. The molecule has 0 bridgehead atoms. The van der Waals surface area contributed by atoms with Crippen LogP contribution < -0.4 is 4.90 Å². The van der Waals surface area contributed by atoms with Gasteiger partial charge in [-0.05, 0) is 100 Å². The lowest BCUT2D eigenvalue weighted by atomic mass is 9.68. The topological polar surface area (TPSA) is 40.5 Å². The van der Waals surface area contributed by atoms with E-state index in [2.05, 4.69) is 118 Å². The monoisotopic (exact) mass is 539 g/mol. The molecule has 0 saturated heterocycles. The second-order valence-electron chi connectivity index (χ2n) is 12.3. The average molecular weight is 540 g/mol. The number of fused-ring (bicyclic) bond motifs is 4. The molecule has 206 valence electrons. The number of hydrogen-bond acceptors (Lipinski definition) is 2. The number of carboxylic acids is 1. The number of hydrogen-bond donors (Lipinski definition) is 1. The molecule has 0 amide bonds. The number of aromatic carboxylic acids is 1. The van der Waals surface area contributed by atoms with E-state index in [-0.39, 0.29) is 11.0 Å². The Labute approximate surface area is 243 Å². The van der Waals surface area contributed by atoms with Crippen molar-refractivity contribution in [3.63, 3.8) is 0 Å². The van der Waals surface area contributed by atoms with Crippen molar-refractivity contribution in [1.29, 1.82) is 0 Å². The van der Waals surface area contributed by atoms with Crippen LogP contribution in [0.2, 0.25) is 0 Å². The van der Waals surface area contributed by atoms with Crippen LogP contribution in [0, 0.1) is 11.8 Å². The molecule has 1 aliphatic carbocycles. The molecule has 0 radical (unpaired) electrons. The van der Waals surface area contributed by atoms with Gasteiger partial charge in [0.2, 0.25) is 0 Å². The van der Waals surface area contributed by atoms with Gasteiger partial charge in [-0.1, -0.05) is 94.4 Å². The number of rotatable bonds is 8. The summed E-state index contributed by atoms with van der Waals surface area (Å²) in [6.45, 7) is 9.30. The number of carbonyl (C=O) groups is 1. The van der Waals surface area contributed by atoms with Gasteiger partial charge in [0.25, 0.3) is 0 Å². The Kier molecular flexibility index (Phi) is 6.91. The molecule has 5 aromatic carbocycles. The Morgan fingerprint density at radius 3 is 1.98 bits per heavy atom. The van der Waals surface area contributed by atoms with E-state index in [1.165, 1.54) is 27.6 Å². The van der Waals surface area contributed by atoms with Crippen molar-refractivity contribution in [3.8, 4) is 11.1 Å². The van der Waals surface area contributed by atoms with Gasteiger partial charge in [0.1, 0.15) is 0 Å². The Hall–Kier alpha value is -4.37. The zero-order chi connectivity index (χ0) is 28.7. The lowest BCUT2D eigenvalue weighted by molar-refractivity contribution is 0.0697. The van der Waals surface area contributed by atoms with Gasteiger partial charge in [-0.25, -0.2) is 4.79 Å². The molecule has 0 atom stereocenters. The van der Waals surface area contributed by atoms with Crippen LogP contribution >= 0.6 is 0 Å². The predicted octanol–water partition coefficient (Wildman–Crippen LogP) is 10.4. The van der Waals surface area contributed by atoms with E-state index in [9.17, 15) is 9.90 Å². The quantitative estimate of drug-likeness (QED) is 0.213. The second kappa shape index (κ2) is 10.6. The van der Waals surface area contributed by atoms with Crippen molar-refractivity contribution in [2.24, 2.45) is 11.8 Å². The van der Waals surface area contributed by atoms with Gasteiger partial charge < -0.3 is 10.0 Å². The van der Waals surface area contributed by atoms with Crippen LogP contribution in [-0.4, -0.2) is 11.1 Å². The van der Waals surface area contributed by atoms with Crippen molar-refractivity contribution in [2.45, 2.75) is 46.0 Å². The third-order valence-corrected chi connectivity index (χ3v) is 8.37. The van der Waals surface area contributed by atoms with Gasteiger partial charge in [-0.15, -0.1) is 0 Å². The van der Waals surface area contributed by atoms with Gasteiger partial charge in [0, 0.05) is 22.5 Å². The summed E-state index contributed by atoms with van der Waals surface area (Å²) in [5.74, 6) is 0.128. The van der Waals surface area contributed by atoms with Crippen molar-refractivity contribution >= 4 is 33.8 Å². The van der Waals surface area contributed by atoms with Crippen LogP contribution in [0.25, 0.3) is 21.9 Å². The Bertz CT molecular complexity index is 1740. The molecule has 0 unspecified atom stereocenters. The summed E-state index contributed by atoms with van der Waals surface area (Å²) < 4.78 is 0. The van der Waals surface area contributed by atoms with Crippen LogP contribution in [0.3, 0.4) is 0 Å². The first-order chi connectivity index (χ1) is 19.8. The fourth-order valence-electron chi connectivity index (χ4n) is 7.04. The third-order valence-electron chi connectivity index (χ3n) is 8.37. The van der Waals surface area contributed by atoms with Crippen molar-refractivity contribution in [1.82, 2.24) is 0 Å². The summed E-state index contributed by atoms with van der Waals surface area (Å²) >= 11 is 0. The summed E-state index contributed by atoms with van der Waals surface area (Å²) in [6, 6.07) is 37.9. The summed E-state index contributed by atoms with van der Waals surface area (Å²) in [5.41, 5.74) is 8.50. The van der Waals surface area contributed by atoms with Crippen LogP contribution in [0.15, 0.2) is 109 Å². The van der Waals surface area contributed by atoms with E-state index >= 15 is 0 Å². The average Bonchev–Trinajstić information content (AvgIpc) is 3.21. The minimum atomic E-state index is -0.928. The van der Waals surface area contributed by atoms with E-state index in [0.717, 1.165) is 35.3 Å². The van der Waals surface area contributed by atoms with Crippen LogP contribution in [0.1, 0.15) is 62.0 Å². The highest BCUT2D eigenvalue weighted by Gasteiger charge is 2.44. The fourth-order valence-corrected chi connectivity index (χ4v) is 7.04. The van der Waals surface area contributed by atoms with E-state index in [1.54, 1.807) is 12.1 Å². The van der Waals surface area contributed by atoms with Crippen LogP contribution in [0.4, 0.5) is 17.1 Å². The van der Waals surface area contributed by atoms with Crippen LogP contribution in [0.5, 0.6) is 0 Å². The maximum atomic E-state index is 12.0. The number of nitrogens with zero attached hydrogens (tertiary/aromatic N) is 1. The molecule has 6 rings (SSSR count). The van der Waals surface area contributed by atoms with Gasteiger partial charge in [-0.2, -0.15) is 0 Å². The van der Waals surface area contributed by atoms with E-state index in [0.29, 0.717) is 11.8 Å². The Balaban J connectivity index is 1.60. The minimum absolute atomic E-state index is 0.0811. The van der Waals surface area contributed by atoms with Gasteiger partial charge in [0.05, 0.1) is 5.56 Å². The standard InChI is InChI=1S/C38H37NO2/c1-25(2)23-38(24-26(3)4)35-15-8-7-14-33(35)34-19-18-32(22-36(34)38)39(30-13-9-12-29(21-30)37(40)41)31-17-16-27-10-5-6-11-28(27)20-31/h5-22,25-26H,23-24H2,1-4H3,(H,40,41). The molecule has 0 spiro atoms. The highest BCUT2D eigenvalue weighted by molar-refractivity contribution is 5.93. The maximum absolute atomic E-state index is 12.0. The molecule has 0 fully saturated rings. The van der Waals surface area contributed by atoms with Crippen LogP contribution in [-0.2, 0) is 5.41 Å². The maximum Gasteiger partial charge on any atom is 0.335 e. The smallest absolute Gasteiger partial charge is 0.335 e. The molecule has 3 nitrogen and oxygen atoms in total. The number of benzene rings is 5. The highest BCUT2D eigenvalue weighted by Crippen LogP contribution is 2.56. The molecule has 1 N–H and O–H groups in total. The lowest BCUT2D eigenvalue weighted by Gasteiger charge is -2.36. The molecule has 0 heterocycles. The second-order valence-corrected chi connectivity index (χ2v) is 12.3. The van der Waals surface area contributed by atoms with E-state index < -0.39 is 5.97 Å². The zero-order valence-corrected chi connectivity index (χ0v) is 24.3. The van der Waals surface area contributed by atoms with E-state index in [4.69, 9.17) is 0 Å². The number of carboxylic acid groups (broad SMARTS) is 1. The molecule has 5 aromatic rings. The highest BCUT2D eigenvalue weighted by atomic mass is 16.4. The van der Waals surface area contributed by atoms with Gasteiger partial charge in [-0.3, -0.25) is 0 Å². The molecular formula is C38H37NO2. The molecule has 0 aromatic heterocycles. The molecule has 1 aliphatic rings. The Morgan fingerprint density at radius 2 is 1.24 bits per heavy atom. The summed E-state index contributed by atoms with van der Waals surface area (Å²) in [6.07, 6.45) is 2.15. The van der Waals surface area contributed by atoms with Crippen molar-refractivity contribution in [2.75, 3.05) is 4.90 Å². The molecular weight excluding hydrogens is 502 g/mol. The normalized spacial score (nSPS) is 13.4. The first kappa shape index (κ1) is 26.8. The number of anilines is 3. The van der Waals surface area contributed by atoms with Gasteiger partial charge in [0.15, 0.2) is 0 Å². The van der Waals surface area contributed by atoms with Crippen molar-refractivity contribution in [3.05, 3.63) is 126 Å². The van der Waals surface area contributed by atoms with Crippen molar-refractivity contribution < 1.29 is 9.90 Å². The van der Waals surface area contributed by atoms with E-state index in [1.807, 2.05) is 12.1 Å². The minimum Gasteiger partial charge on any atom is -0.478 e.